The molecule has 24 heavy (non-hydrogen) atoms. The van der Waals surface area contributed by atoms with Gasteiger partial charge in [-0.25, -0.2) is 14.6 Å². The first-order valence-electron chi connectivity index (χ1n) is 7.62. The number of benzene rings is 1. The highest BCUT2D eigenvalue weighted by atomic mass is 32.2. The lowest BCUT2D eigenvalue weighted by Gasteiger charge is -2.33. The lowest BCUT2D eigenvalue weighted by Crippen LogP contribution is -2.31. The van der Waals surface area contributed by atoms with Crippen molar-refractivity contribution < 1.29 is 4.74 Å². The molecule has 0 fully saturated rings. The van der Waals surface area contributed by atoms with Crippen LogP contribution in [0, 0.1) is 6.92 Å². The maximum atomic E-state index is 6.26. The zero-order valence-electron chi connectivity index (χ0n) is 13.9. The molecule has 7 heteroatoms. The highest BCUT2D eigenvalue weighted by Gasteiger charge is 2.35. The molecule has 4 rings (SSSR count). The standard InChI is InChI=1S/C17H17N5OS/c1-10-8-19-21-22(10)11-5-6-12-13-9-18-16(24-4)20-15(13)17(2,3)23-14(12)7-11/h5-9H,1-4H3. The Morgan fingerprint density at radius 2 is 2.00 bits per heavy atom. The highest BCUT2D eigenvalue weighted by Crippen LogP contribution is 2.44. The van der Waals surface area contributed by atoms with Gasteiger partial charge in [-0.15, -0.1) is 5.10 Å². The summed E-state index contributed by atoms with van der Waals surface area (Å²) in [5.41, 5.74) is 4.30. The molecule has 0 spiro atoms. The van der Waals surface area contributed by atoms with Gasteiger partial charge in [0.15, 0.2) is 5.16 Å². The number of hydrogen-bond acceptors (Lipinski definition) is 6. The van der Waals surface area contributed by atoms with E-state index in [0.29, 0.717) is 0 Å². The van der Waals surface area contributed by atoms with Crippen molar-refractivity contribution in [1.82, 2.24) is 25.0 Å². The van der Waals surface area contributed by atoms with Crippen molar-refractivity contribution in [2.24, 2.45) is 0 Å². The van der Waals surface area contributed by atoms with E-state index in [1.165, 1.54) is 11.8 Å². The Labute approximate surface area is 144 Å². The number of nitrogens with zero attached hydrogens (tertiary/aromatic N) is 5. The molecule has 0 bridgehead atoms. The normalized spacial score (nSPS) is 14.7. The van der Waals surface area contributed by atoms with Gasteiger partial charge >= 0.3 is 0 Å². The minimum absolute atomic E-state index is 0.522. The van der Waals surface area contributed by atoms with E-state index >= 15 is 0 Å². The molecule has 122 valence electrons. The van der Waals surface area contributed by atoms with E-state index in [1.807, 2.05) is 51.4 Å². The average Bonchev–Trinajstić information content (AvgIpc) is 2.99. The summed E-state index contributed by atoms with van der Waals surface area (Å²) in [7, 11) is 0. The number of hydrogen-bond donors (Lipinski definition) is 0. The topological polar surface area (TPSA) is 65.7 Å². The fourth-order valence-corrected chi connectivity index (χ4v) is 3.28. The van der Waals surface area contributed by atoms with Gasteiger partial charge in [-0.1, -0.05) is 17.0 Å². The molecule has 0 saturated carbocycles. The number of aryl methyl sites for hydroxylation is 1. The van der Waals surface area contributed by atoms with Crippen molar-refractivity contribution in [3.05, 3.63) is 42.0 Å². The second kappa shape index (κ2) is 5.31. The number of aromatic nitrogens is 5. The summed E-state index contributed by atoms with van der Waals surface area (Å²) >= 11 is 1.53. The molecule has 0 amide bonds. The van der Waals surface area contributed by atoms with Gasteiger partial charge in [0.1, 0.15) is 11.4 Å². The Morgan fingerprint density at radius 1 is 1.17 bits per heavy atom. The van der Waals surface area contributed by atoms with Gasteiger partial charge in [0.2, 0.25) is 0 Å². The SMILES string of the molecule is CSc1ncc2c(n1)C(C)(C)Oc1cc(-n3nncc3C)ccc1-2. The third-order valence-electron chi connectivity index (χ3n) is 4.10. The summed E-state index contributed by atoms with van der Waals surface area (Å²) in [5.74, 6) is 0.806. The molecule has 3 heterocycles. The molecule has 0 unspecified atom stereocenters. The van der Waals surface area contributed by atoms with Crippen LogP contribution in [-0.4, -0.2) is 31.2 Å². The first-order valence-corrected chi connectivity index (χ1v) is 8.85. The van der Waals surface area contributed by atoms with Crippen LogP contribution in [0.15, 0.2) is 35.7 Å². The summed E-state index contributed by atoms with van der Waals surface area (Å²) in [6, 6.07) is 6.03. The molecule has 0 saturated heterocycles. The molecule has 0 radical (unpaired) electrons. The van der Waals surface area contributed by atoms with E-state index in [4.69, 9.17) is 4.74 Å². The summed E-state index contributed by atoms with van der Waals surface area (Å²) in [6.45, 7) is 6.02. The van der Waals surface area contributed by atoms with Crippen LogP contribution >= 0.6 is 11.8 Å². The van der Waals surface area contributed by atoms with Gasteiger partial charge in [-0.05, 0) is 39.2 Å². The van der Waals surface area contributed by atoms with Crippen LogP contribution in [0.1, 0.15) is 25.2 Å². The predicted octanol–water partition coefficient (Wildman–Crippen LogP) is 3.38. The quantitative estimate of drug-likeness (QED) is 0.527. The first kappa shape index (κ1) is 15.1. The summed E-state index contributed by atoms with van der Waals surface area (Å²) in [5, 5.41) is 8.82. The van der Waals surface area contributed by atoms with Crippen LogP contribution in [-0.2, 0) is 5.60 Å². The molecular formula is C17H17N5OS. The Balaban J connectivity index is 1.89. The van der Waals surface area contributed by atoms with Gasteiger partial charge in [-0.2, -0.15) is 0 Å². The van der Waals surface area contributed by atoms with Gasteiger partial charge in [0, 0.05) is 23.4 Å². The Bertz CT molecular complexity index is 934. The van der Waals surface area contributed by atoms with Crippen LogP contribution in [0.4, 0.5) is 0 Å². The molecule has 3 aromatic rings. The second-order valence-corrected chi connectivity index (χ2v) is 6.97. The third kappa shape index (κ3) is 2.27. The van der Waals surface area contributed by atoms with Crippen molar-refractivity contribution in [2.75, 3.05) is 6.26 Å². The lowest BCUT2D eigenvalue weighted by molar-refractivity contribution is 0.0995. The van der Waals surface area contributed by atoms with Crippen LogP contribution in [0.5, 0.6) is 5.75 Å². The Hall–Kier alpha value is -2.41. The third-order valence-corrected chi connectivity index (χ3v) is 4.67. The van der Waals surface area contributed by atoms with Crippen LogP contribution in [0.2, 0.25) is 0 Å². The molecule has 0 atom stereocenters. The molecule has 1 aromatic carbocycles. The number of rotatable bonds is 2. The van der Waals surface area contributed by atoms with E-state index < -0.39 is 5.60 Å². The van der Waals surface area contributed by atoms with Gasteiger partial charge < -0.3 is 4.74 Å². The zero-order chi connectivity index (χ0) is 16.9. The molecule has 1 aliphatic heterocycles. The zero-order valence-corrected chi connectivity index (χ0v) is 14.8. The van der Waals surface area contributed by atoms with E-state index in [0.717, 1.165) is 39.1 Å². The van der Waals surface area contributed by atoms with Crippen molar-refractivity contribution in [3.63, 3.8) is 0 Å². The van der Waals surface area contributed by atoms with E-state index in [-0.39, 0.29) is 0 Å². The van der Waals surface area contributed by atoms with Crippen molar-refractivity contribution in [3.8, 4) is 22.6 Å². The van der Waals surface area contributed by atoms with E-state index in [9.17, 15) is 0 Å². The summed E-state index contributed by atoms with van der Waals surface area (Å²) in [4.78, 5) is 9.10. The molecule has 0 aliphatic carbocycles. The Kier molecular flexibility index (Phi) is 3.35. The number of ether oxygens (including phenoxy) is 1. The highest BCUT2D eigenvalue weighted by molar-refractivity contribution is 7.98. The number of fused-ring (bicyclic) bond motifs is 3. The minimum atomic E-state index is -0.522. The van der Waals surface area contributed by atoms with Gasteiger partial charge in [-0.3, -0.25) is 0 Å². The first-order chi connectivity index (χ1) is 11.5. The second-order valence-electron chi connectivity index (χ2n) is 6.20. The maximum absolute atomic E-state index is 6.26. The van der Waals surface area contributed by atoms with E-state index in [2.05, 4.69) is 20.3 Å². The summed E-state index contributed by atoms with van der Waals surface area (Å²) < 4.78 is 8.05. The molecule has 6 nitrogen and oxygen atoms in total. The smallest absolute Gasteiger partial charge is 0.187 e. The number of thioether (sulfide) groups is 1. The Morgan fingerprint density at radius 3 is 2.71 bits per heavy atom. The van der Waals surface area contributed by atoms with Crippen LogP contribution < -0.4 is 4.74 Å². The van der Waals surface area contributed by atoms with E-state index in [1.54, 1.807) is 10.9 Å². The molecule has 2 aromatic heterocycles. The van der Waals surface area contributed by atoms with Crippen molar-refractivity contribution in [1.29, 1.82) is 0 Å². The van der Waals surface area contributed by atoms with Crippen molar-refractivity contribution in [2.45, 2.75) is 31.5 Å². The van der Waals surface area contributed by atoms with Crippen LogP contribution in [0.25, 0.3) is 16.8 Å². The molecule has 0 N–H and O–H groups in total. The van der Waals surface area contributed by atoms with Gasteiger partial charge in [0.25, 0.3) is 0 Å². The van der Waals surface area contributed by atoms with Crippen molar-refractivity contribution >= 4 is 11.8 Å². The monoisotopic (exact) mass is 339 g/mol. The van der Waals surface area contributed by atoms with Crippen LogP contribution in [0.3, 0.4) is 0 Å². The lowest BCUT2D eigenvalue weighted by atomic mass is 9.91. The largest absolute Gasteiger partial charge is 0.481 e. The minimum Gasteiger partial charge on any atom is -0.481 e. The molecular weight excluding hydrogens is 322 g/mol. The average molecular weight is 339 g/mol. The van der Waals surface area contributed by atoms with Gasteiger partial charge in [0.05, 0.1) is 23.3 Å². The fraction of sp³-hybridized carbons (Fsp3) is 0.294. The maximum Gasteiger partial charge on any atom is 0.187 e. The predicted molar refractivity (Wildman–Crippen MR) is 92.6 cm³/mol. The fourth-order valence-electron chi connectivity index (χ4n) is 2.93. The summed E-state index contributed by atoms with van der Waals surface area (Å²) in [6.07, 6.45) is 5.59. The molecule has 1 aliphatic rings.